The van der Waals surface area contributed by atoms with Crippen LogP contribution in [0.3, 0.4) is 0 Å². The first-order chi connectivity index (χ1) is 8.56. The average Bonchev–Trinajstić information content (AvgIpc) is 2.33. The van der Waals surface area contributed by atoms with Gasteiger partial charge in [0.15, 0.2) is 0 Å². The maximum Gasteiger partial charge on any atom is 0.337 e. The molecule has 0 saturated heterocycles. The number of hydrogen-bond acceptors (Lipinski definition) is 3. The fourth-order valence-corrected chi connectivity index (χ4v) is 1.71. The third kappa shape index (κ3) is 2.84. The van der Waals surface area contributed by atoms with Crippen LogP contribution in [0.5, 0.6) is 11.5 Å². The quantitative estimate of drug-likeness (QED) is 0.943. The Balaban J connectivity index is 2.28. The molecule has 18 heavy (non-hydrogen) atoms. The van der Waals surface area contributed by atoms with E-state index in [1.54, 1.807) is 0 Å². The summed E-state index contributed by atoms with van der Waals surface area (Å²) in [5.74, 6) is -0.847. The highest BCUT2D eigenvalue weighted by Gasteiger charge is 2.08. The summed E-state index contributed by atoms with van der Waals surface area (Å²) in [7, 11) is 0. The Hall–Kier alpha value is -1.95. The summed E-state index contributed by atoms with van der Waals surface area (Å²) >= 11 is 3.15. The van der Waals surface area contributed by atoms with Crippen LogP contribution in [0.15, 0.2) is 41.1 Å². The molecule has 0 bridgehead atoms. The van der Waals surface area contributed by atoms with E-state index in [1.165, 1.54) is 36.7 Å². The first-order valence-corrected chi connectivity index (χ1v) is 5.67. The first kappa shape index (κ1) is 12.5. The number of hydrogen-bond donors (Lipinski definition) is 1. The van der Waals surface area contributed by atoms with Crippen molar-refractivity contribution in [3.63, 3.8) is 0 Å². The molecule has 1 heterocycles. The van der Waals surface area contributed by atoms with Gasteiger partial charge in [0.2, 0.25) is 0 Å². The standard InChI is InChI=1S/C12H7BrFNO3/c13-10-4-8(14)1-2-11(10)18-9-3-7(12(16)17)5-15-6-9/h1-6H,(H,16,17). The second-order valence-electron chi connectivity index (χ2n) is 3.39. The molecule has 0 atom stereocenters. The average molecular weight is 312 g/mol. The van der Waals surface area contributed by atoms with Crippen molar-refractivity contribution < 1.29 is 19.0 Å². The molecule has 92 valence electrons. The van der Waals surface area contributed by atoms with E-state index in [0.29, 0.717) is 10.2 Å². The lowest BCUT2D eigenvalue weighted by molar-refractivity contribution is 0.0696. The van der Waals surface area contributed by atoms with E-state index in [4.69, 9.17) is 9.84 Å². The van der Waals surface area contributed by atoms with Crippen LogP contribution in [0.25, 0.3) is 0 Å². The summed E-state index contributed by atoms with van der Waals surface area (Å²) in [5.41, 5.74) is 0.0192. The number of aromatic carboxylic acids is 1. The molecule has 0 amide bonds. The van der Waals surface area contributed by atoms with Gasteiger partial charge in [-0.05, 0) is 40.2 Å². The van der Waals surface area contributed by atoms with Gasteiger partial charge < -0.3 is 9.84 Å². The molecule has 0 aliphatic rings. The van der Waals surface area contributed by atoms with Gasteiger partial charge in [-0.3, -0.25) is 4.98 Å². The Bertz CT molecular complexity index is 604. The highest BCUT2D eigenvalue weighted by Crippen LogP contribution is 2.30. The molecule has 2 aromatic rings. The number of benzene rings is 1. The topological polar surface area (TPSA) is 59.4 Å². The van der Waals surface area contributed by atoms with Crippen molar-refractivity contribution in [2.24, 2.45) is 0 Å². The van der Waals surface area contributed by atoms with E-state index < -0.39 is 11.8 Å². The van der Waals surface area contributed by atoms with Crippen LogP contribution < -0.4 is 4.74 Å². The van der Waals surface area contributed by atoms with Crippen molar-refractivity contribution in [1.82, 2.24) is 4.98 Å². The van der Waals surface area contributed by atoms with Crippen LogP contribution in [-0.4, -0.2) is 16.1 Å². The summed E-state index contributed by atoms with van der Waals surface area (Å²) in [6.07, 6.45) is 2.59. The van der Waals surface area contributed by atoms with Crippen molar-refractivity contribution >= 4 is 21.9 Å². The molecule has 1 N–H and O–H groups in total. The van der Waals surface area contributed by atoms with Gasteiger partial charge in [0.1, 0.15) is 17.3 Å². The fraction of sp³-hybridized carbons (Fsp3) is 0. The Morgan fingerprint density at radius 3 is 2.78 bits per heavy atom. The molecule has 0 aliphatic carbocycles. The molecule has 0 unspecified atom stereocenters. The number of pyridine rings is 1. The molecule has 2 rings (SSSR count). The predicted octanol–water partition coefficient (Wildman–Crippen LogP) is 3.47. The second-order valence-corrected chi connectivity index (χ2v) is 4.25. The summed E-state index contributed by atoms with van der Waals surface area (Å²) in [6, 6.07) is 5.27. The van der Waals surface area contributed by atoms with E-state index in [2.05, 4.69) is 20.9 Å². The lowest BCUT2D eigenvalue weighted by Gasteiger charge is -2.07. The van der Waals surface area contributed by atoms with Crippen molar-refractivity contribution in [3.05, 3.63) is 52.5 Å². The zero-order chi connectivity index (χ0) is 13.1. The molecule has 0 saturated carbocycles. The number of carbonyl (C=O) groups is 1. The van der Waals surface area contributed by atoms with E-state index >= 15 is 0 Å². The van der Waals surface area contributed by atoms with Gasteiger partial charge in [-0.25, -0.2) is 9.18 Å². The van der Waals surface area contributed by atoms with Crippen LogP contribution in [0.4, 0.5) is 4.39 Å². The van der Waals surface area contributed by atoms with E-state index in [0.717, 1.165) is 0 Å². The number of rotatable bonds is 3. The van der Waals surface area contributed by atoms with Crippen molar-refractivity contribution in [2.75, 3.05) is 0 Å². The number of carboxylic acid groups (broad SMARTS) is 1. The van der Waals surface area contributed by atoms with E-state index in [1.807, 2.05) is 0 Å². The number of halogens is 2. The highest BCUT2D eigenvalue weighted by molar-refractivity contribution is 9.10. The molecule has 0 spiro atoms. The van der Waals surface area contributed by atoms with Gasteiger partial charge in [0.05, 0.1) is 16.2 Å². The SMILES string of the molecule is O=C(O)c1cncc(Oc2ccc(F)cc2Br)c1. The third-order valence-electron chi connectivity index (χ3n) is 2.08. The maximum absolute atomic E-state index is 12.9. The minimum Gasteiger partial charge on any atom is -0.478 e. The van der Waals surface area contributed by atoms with Gasteiger partial charge in [-0.15, -0.1) is 0 Å². The van der Waals surface area contributed by atoms with Crippen LogP contribution >= 0.6 is 15.9 Å². The van der Waals surface area contributed by atoms with E-state index in [9.17, 15) is 9.18 Å². The number of carboxylic acids is 1. The van der Waals surface area contributed by atoms with Crippen molar-refractivity contribution in [3.8, 4) is 11.5 Å². The van der Waals surface area contributed by atoms with Crippen molar-refractivity contribution in [2.45, 2.75) is 0 Å². The lowest BCUT2D eigenvalue weighted by Crippen LogP contribution is -1.97. The van der Waals surface area contributed by atoms with Gasteiger partial charge in [-0.1, -0.05) is 0 Å². The molecule has 0 aliphatic heterocycles. The molecule has 6 heteroatoms. The van der Waals surface area contributed by atoms with Crippen LogP contribution in [0.1, 0.15) is 10.4 Å². The number of aromatic nitrogens is 1. The van der Waals surface area contributed by atoms with Crippen LogP contribution in [0.2, 0.25) is 0 Å². The minimum atomic E-state index is -1.09. The second kappa shape index (κ2) is 5.14. The summed E-state index contributed by atoms with van der Waals surface area (Å²) in [4.78, 5) is 14.5. The monoisotopic (exact) mass is 311 g/mol. The summed E-state index contributed by atoms with van der Waals surface area (Å²) in [6.45, 7) is 0. The smallest absolute Gasteiger partial charge is 0.337 e. The minimum absolute atomic E-state index is 0.0192. The lowest BCUT2D eigenvalue weighted by atomic mass is 10.3. The first-order valence-electron chi connectivity index (χ1n) is 4.87. The normalized spacial score (nSPS) is 10.1. The molecule has 1 aromatic heterocycles. The summed E-state index contributed by atoms with van der Waals surface area (Å²) in [5, 5.41) is 8.81. The van der Waals surface area contributed by atoms with E-state index in [-0.39, 0.29) is 11.3 Å². The number of ether oxygens (including phenoxy) is 1. The molecule has 1 aromatic carbocycles. The Kier molecular flexibility index (Phi) is 3.57. The van der Waals surface area contributed by atoms with Gasteiger partial charge in [-0.2, -0.15) is 0 Å². The Morgan fingerprint density at radius 1 is 1.33 bits per heavy atom. The summed E-state index contributed by atoms with van der Waals surface area (Å²) < 4.78 is 18.7. The maximum atomic E-state index is 12.9. The molecule has 0 radical (unpaired) electrons. The highest BCUT2D eigenvalue weighted by atomic mass is 79.9. The van der Waals surface area contributed by atoms with Gasteiger partial charge >= 0.3 is 5.97 Å². The zero-order valence-corrected chi connectivity index (χ0v) is 10.5. The van der Waals surface area contributed by atoms with Gasteiger partial charge in [0, 0.05) is 6.20 Å². The largest absolute Gasteiger partial charge is 0.478 e. The van der Waals surface area contributed by atoms with Crippen LogP contribution in [0, 0.1) is 5.82 Å². The van der Waals surface area contributed by atoms with Crippen LogP contribution in [-0.2, 0) is 0 Å². The Morgan fingerprint density at radius 2 is 2.11 bits per heavy atom. The molecule has 4 nitrogen and oxygen atoms in total. The molecular formula is C12H7BrFNO3. The third-order valence-corrected chi connectivity index (χ3v) is 2.70. The number of nitrogens with zero attached hydrogens (tertiary/aromatic N) is 1. The van der Waals surface area contributed by atoms with Gasteiger partial charge in [0.25, 0.3) is 0 Å². The molecular weight excluding hydrogens is 305 g/mol. The predicted molar refractivity (Wildman–Crippen MR) is 65.4 cm³/mol. The van der Waals surface area contributed by atoms with Crippen molar-refractivity contribution in [1.29, 1.82) is 0 Å². The molecule has 0 fully saturated rings. The Labute approximate surface area is 110 Å². The fourth-order valence-electron chi connectivity index (χ4n) is 1.28. The zero-order valence-electron chi connectivity index (χ0n) is 8.93.